The van der Waals surface area contributed by atoms with Gasteiger partial charge in [0.1, 0.15) is 5.75 Å². The Morgan fingerprint density at radius 1 is 1.25 bits per heavy atom. The van der Waals surface area contributed by atoms with E-state index in [1.165, 1.54) is 16.9 Å². The van der Waals surface area contributed by atoms with Gasteiger partial charge in [0, 0.05) is 28.4 Å². The molecule has 0 spiro atoms. The standard InChI is InChI=1S/C14H9Br3O2S/c15-9-3-7-1-2-19-13(7)8(4-9)5-11(18)10-6-12(16)20-14(10)17/h3-4,6H,1-2,5H2. The fraction of sp³-hybridized carbons (Fsp3) is 0.214. The lowest BCUT2D eigenvalue weighted by atomic mass is 10.0. The van der Waals surface area contributed by atoms with Crippen molar-refractivity contribution in [3.8, 4) is 5.75 Å². The largest absolute Gasteiger partial charge is 0.493 e. The van der Waals surface area contributed by atoms with Gasteiger partial charge in [0.2, 0.25) is 0 Å². The summed E-state index contributed by atoms with van der Waals surface area (Å²) < 4.78 is 8.47. The van der Waals surface area contributed by atoms with Crippen molar-refractivity contribution in [1.29, 1.82) is 0 Å². The molecule has 2 heterocycles. The maximum atomic E-state index is 12.4. The van der Waals surface area contributed by atoms with E-state index in [0.717, 1.165) is 29.8 Å². The number of halogens is 3. The first-order valence-electron chi connectivity index (χ1n) is 5.96. The molecule has 0 amide bonds. The monoisotopic (exact) mass is 478 g/mol. The highest BCUT2D eigenvalue weighted by molar-refractivity contribution is 9.12. The lowest BCUT2D eigenvalue weighted by molar-refractivity contribution is 0.0992. The molecule has 0 atom stereocenters. The molecule has 20 heavy (non-hydrogen) atoms. The summed E-state index contributed by atoms with van der Waals surface area (Å²) in [4.78, 5) is 12.4. The van der Waals surface area contributed by atoms with Crippen LogP contribution in [0.25, 0.3) is 0 Å². The summed E-state index contributed by atoms with van der Waals surface area (Å²) in [7, 11) is 0. The first-order chi connectivity index (χ1) is 9.54. The predicted octanol–water partition coefficient (Wildman–Crippen LogP) is 5.40. The zero-order valence-corrected chi connectivity index (χ0v) is 15.8. The highest BCUT2D eigenvalue weighted by Crippen LogP contribution is 2.36. The Balaban J connectivity index is 1.92. The molecule has 1 aromatic carbocycles. The van der Waals surface area contributed by atoms with Crippen LogP contribution in [0.4, 0.5) is 0 Å². The van der Waals surface area contributed by atoms with Crippen LogP contribution < -0.4 is 4.74 Å². The van der Waals surface area contributed by atoms with Gasteiger partial charge in [-0.2, -0.15) is 0 Å². The summed E-state index contributed by atoms with van der Waals surface area (Å²) in [5.74, 6) is 0.974. The first-order valence-corrected chi connectivity index (χ1v) is 9.16. The number of hydrogen-bond acceptors (Lipinski definition) is 3. The van der Waals surface area contributed by atoms with Gasteiger partial charge < -0.3 is 4.74 Å². The van der Waals surface area contributed by atoms with Crippen LogP contribution in [-0.4, -0.2) is 12.4 Å². The number of ketones is 1. The third-order valence-electron chi connectivity index (χ3n) is 3.13. The van der Waals surface area contributed by atoms with E-state index < -0.39 is 0 Å². The molecule has 1 aliphatic heterocycles. The molecule has 104 valence electrons. The average Bonchev–Trinajstić information content (AvgIpc) is 2.95. The Kier molecular flexibility index (Phi) is 4.36. The average molecular weight is 481 g/mol. The van der Waals surface area contributed by atoms with Crippen LogP contribution in [0, 0.1) is 0 Å². The molecule has 0 fully saturated rings. The van der Waals surface area contributed by atoms with Crippen molar-refractivity contribution in [3.05, 3.63) is 46.9 Å². The van der Waals surface area contributed by atoms with Gasteiger partial charge in [-0.3, -0.25) is 4.79 Å². The molecule has 1 aromatic heterocycles. The number of ether oxygens (including phenoxy) is 1. The highest BCUT2D eigenvalue weighted by Gasteiger charge is 2.21. The summed E-state index contributed by atoms with van der Waals surface area (Å²) >= 11 is 11.8. The molecule has 1 aliphatic rings. The van der Waals surface area contributed by atoms with Crippen molar-refractivity contribution in [2.24, 2.45) is 0 Å². The first kappa shape index (κ1) is 14.8. The van der Waals surface area contributed by atoms with Crippen molar-refractivity contribution >= 4 is 64.9 Å². The lowest BCUT2D eigenvalue weighted by Gasteiger charge is -2.08. The molecule has 0 radical (unpaired) electrons. The minimum Gasteiger partial charge on any atom is -0.493 e. The molecule has 0 saturated carbocycles. The maximum Gasteiger partial charge on any atom is 0.169 e. The summed E-state index contributed by atoms with van der Waals surface area (Å²) in [6.07, 6.45) is 1.26. The van der Waals surface area contributed by atoms with Crippen LogP contribution in [0.2, 0.25) is 0 Å². The fourth-order valence-electron chi connectivity index (χ4n) is 2.28. The third-order valence-corrected chi connectivity index (χ3v) is 5.93. The normalized spacial score (nSPS) is 13.2. The van der Waals surface area contributed by atoms with Crippen LogP contribution in [0.1, 0.15) is 21.5 Å². The van der Waals surface area contributed by atoms with E-state index in [-0.39, 0.29) is 5.78 Å². The lowest BCUT2D eigenvalue weighted by Crippen LogP contribution is -2.04. The smallest absolute Gasteiger partial charge is 0.169 e. The van der Waals surface area contributed by atoms with Crippen LogP contribution in [0.5, 0.6) is 5.75 Å². The second-order valence-corrected chi connectivity index (χ2v) is 9.15. The number of hydrogen-bond donors (Lipinski definition) is 0. The van der Waals surface area contributed by atoms with Crippen LogP contribution in [-0.2, 0) is 12.8 Å². The van der Waals surface area contributed by atoms with Gasteiger partial charge in [-0.25, -0.2) is 0 Å². The number of carbonyl (C=O) groups is 1. The minimum atomic E-state index is 0.0922. The van der Waals surface area contributed by atoms with Crippen LogP contribution in [0.3, 0.4) is 0 Å². The zero-order valence-electron chi connectivity index (χ0n) is 10.2. The van der Waals surface area contributed by atoms with Crippen molar-refractivity contribution in [2.75, 3.05) is 6.61 Å². The number of fused-ring (bicyclic) bond motifs is 1. The van der Waals surface area contributed by atoms with E-state index in [1.54, 1.807) is 0 Å². The SMILES string of the molecule is O=C(Cc1cc(Br)cc2c1OCC2)c1cc(Br)sc1Br. The number of rotatable bonds is 3. The van der Waals surface area contributed by atoms with Crippen molar-refractivity contribution in [1.82, 2.24) is 0 Å². The van der Waals surface area contributed by atoms with E-state index in [2.05, 4.69) is 53.9 Å². The maximum absolute atomic E-state index is 12.4. The van der Waals surface area contributed by atoms with Crippen molar-refractivity contribution in [3.63, 3.8) is 0 Å². The van der Waals surface area contributed by atoms with Crippen LogP contribution >= 0.6 is 59.1 Å². The summed E-state index contributed by atoms with van der Waals surface area (Å²) in [6.45, 7) is 0.695. The molecular formula is C14H9Br3O2S. The molecule has 0 saturated heterocycles. The molecule has 0 aliphatic carbocycles. The summed E-state index contributed by atoms with van der Waals surface area (Å²) in [5.41, 5.74) is 2.84. The predicted molar refractivity (Wildman–Crippen MR) is 91.1 cm³/mol. The third kappa shape index (κ3) is 2.89. The van der Waals surface area contributed by atoms with Crippen LogP contribution in [0.15, 0.2) is 30.2 Å². The number of thiophene rings is 1. The van der Waals surface area contributed by atoms with Gasteiger partial charge in [-0.05, 0) is 55.6 Å². The Morgan fingerprint density at radius 3 is 2.75 bits per heavy atom. The molecule has 6 heteroatoms. The molecule has 3 rings (SSSR count). The quantitative estimate of drug-likeness (QED) is 0.550. The summed E-state index contributed by atoms with van der Waals surface area (Å²) in [6, 6.07) is 5.89. The highest BCUT2D eigenvalue weighted by atomic mass is 79.9. The topological polar surface area (TPSA) is 26.3 Å². The van der Waals surface area contributed by atoms with Gasteiger partial charge in [-0.1, -0.05) is 15.9 Å². The van der Waals surface area contributed by atoms with E-state index in [4.69, 9.17) is 4.74 Å². The number of Topliss-reactive ketones (excluding diaryl/α,β-unsaturated/α-hetero) is 1. The summed E-state index contributed by atoms with van der Waals surface area (Å²) in [5, 5.41) is 0. The van der Waals surface area contributed by atoms with Gasteiger partial charge in [-0.15, -0.1) is 11.3 Å². The second-order valence-electron chi connectivity index (χ2n) is 4.49. The molecule has 0 unspecified atom stereocenters. The number of carbonyl (C=O) groups excluding carboxylic acids is 1. The van der Waals surface area contributed by atoms with Gasteiger partial charge in [0.15, 0.2) is 5.78 Å². The Hall–Kier alpha value is -0.170. The zero-order chi connectivity index (χ0) is 14.3. The molecular weight excluding hydrogens is 472 g/mol. The molecule has 0 bridgehead atoms. The Bertz CT molecular complexity index is 694. The Labute approximate surface area is 145 Å². The van der Waals surface area contributed by atoms with E-state index in [0.29, 0.717) is 18.6 Å². The van der Waals surface area contributed by atoms with Gasteiger partial charge >= 0.3 is 0 Å². The fourth-order valence-corrected chi connectivity index (χ4v) is 5.68. The van der Waals surface area contributed by atoms with Gasteiger partial charge in [0.05, 0.1) is 14.2 Å². The molecule has 2 nitrogen and oxygen atoms in total. The van der Waals surface area contributed by atoms with E-state index in [9.17, 15) is 4.79 Å². The molecule has 2 aromatic rings. The molecule has 0 N–H and O–H groups in total. The number of benzene rings is 1. The van der Waals surface area contributed by atoms with Crippen molar-refractivity contribution in [2.45, 2.75) is 12.8 Å². The van der Waals surface area contributed by atoms with Crippen molar-refractivity contribution < 1.29 is 9.53 Å². The van der Waals surface area contributed by atoms with Gasteiger partial charge in [0.25, 0.3) is 0 Å². The minimum absolute atomic E-state index is 0.0922. The van der Waals surface area contributed by atoms with E-state index in [1.807, 2.05) is 12.1 Å². The Morgan fingerprint density at radius 2 is 2.05 bits per heavy atom. The van der Waals surface area contributed by atoms with E-state index >= 15 is 0 Å². The second kappa shape index (κ2) is 5.91.